The summed E-state index contributed by atoms with van der Waals surface area (Å²) >= 11 is 7.05. The van der Waals surface area contributed by atoms with E-state index in [1.165, 1.54) is 17.5 Å². The SMILES string of the molecule is CCC(N)C(CC(=O)O)c1ncc(Cl)s1. The van der Waals surface area contributed by atoms with Crippen LogP contribution in [0.4, 0.5) is 0 Å². The second kappa shape index (κ2) is 5.44. The standard InChI is InChI=1S/C9H13ClN2O2S/c1-2-6(11)5(3-8(13)14)9-12-4-7(10)15-9/h4-6H,2-3,11H2,1H3,(H,13,14). The lowest BCUT2D eigenvalue weighted by molar-refractivity contribution is -0.137. The lowest BCUT2D eigenvalue weighted by Crippen LogP contribution is -2.29. The lowest BCUT2D eigenvalue weighted by Gasteiger charge is -2.18. The van der Waals surface area contributed by atoms with Crippen molar-refractivity contribution >= 4 is 28.9 Å². The number of rotatable bonds is 5. The maximum atomic E-state index is 10.7. The zero-order valence-corrected chi connectivity index (χ0v) is 9.88. The summed E-state index contributed by atoms with van der Waals surface area (Å²) < 4.78 is 0.559. The van der Waals surface area contributed by atoms with Gasteiger partial charge in [-0.25, -0.2) is 4.98 Å². The molecule has 1 aromatic rings. The van der Waals surface area contributed by atoms with E-state index in [1.807, 2.05) is 6.92 Å². The summed E-state index contributed by atoms with van der Waals surface area (Å²) in [5.41, 5.74) is 5.87. The third-order valence-electron chi connectivity index (χ3n) is 2.20. The van der Waals surface area contributed by atoms with Gasteiger partial charge in [-0.15, -0.1) is 11.3 Å². The summed E-state index contributed by atoms with van der Waals surface area (Å²) in [7, 11) is 0. The zero-order chi connectivity index (χ0) is 11.4. The van der Waals surface area contributed by atoms with E-state index >= 15 is 0 Å². The molecule has 0 amide bonds. The molecule has 0 radical (unpaired) electrons. The van der Waals surface area contributed by atoms with Gasteiger partial charge >= 0.3 is 5.97 Å². The van der Waals surface area contributed by atoms with Crippen molar-refractivity contribution in [2.24, 2.45) is 5.73 Å². The number of thiazole rings is 1. The van der Waals surface area contributed by atoms with E-state index in [2.05, 4.69) is 4.98 Å². The third-order valence-corrected chi connectivity index (χ3v) is 3.44. The van der Waals surface area contributed by atoms with Crippen LogP contribution >= 0.6 is 22.9 Å². The van der Waals surface area contributed by atoms with Crippen molar-refractivity contribution in [2.45, 2.75) is 31.7 Å². The second-order valence-electron chi connectivity index (χ2n) is 3.28. The number of carboxylic acid groups (broad SMARTS) is 1. The molecule has 1 rings (SSSR count). The van der Waals surface area contributed by atoms with Crippen molar-refractivity contribution < 1.29 is 9.90 Å². The molecule has 0 fully saturated rings. The first-order valence-corrected chi connectivity index (χ1v) is 5.82. The van der Waals surface area contributed by atoms with Gasteiger partial charge in [-0.3, -0.25) is 4.79 Å². The molecule has 0 bridgehead atoms. The molecule has 84 valence electrons. The second-order valence-corrected chi connectivity index (χ2v) is 4.97. The Morgan fingerprint density at radius 3 is 2.87 bits per heavy atom. The Morgan fingerprint density at radius 1 is 1.80 bits per heavy atom. The van der Waals surface area contributed by atoms with Gasteiger partial charge in [0, 0.05) is 12.0 Å². The average Bonchev–Trinajstić information content (AvgIpc) is 2.59. The highest BCUT2D eigenvalue weighted by Gasteiger charge is 2.24. The monoisotopic (exact) mass is 248 g/mol. The van der Waals surface area contributed by atoms with E-state index < -0.39 is 5.97 Å². The Balaban J connectivity index is 2.85. The largest absolute Gasteiger partial charge is 0.481 e. The molecule has 1 aromatic heterocycles. The minimum Gasteiger partial charge on any atom is -0.481 e. The molecule has 0 aromatic carbocycles. The number of aliphatic carboxylic acids is 1. The van der Waals surface area contributed by atoms with Gasteiger partial charge in [0.05, 0.1) is 17.6 Å². The van der Waals surface area contributed by atoms with Gasteiger partial charge in [-0.2, -0.15) is 0 Å². The first kappa shape index (κ1) is 12.4. The van der Waals surface area contributed by atoms with Crippen LogP contribution in [0.5, 0.6) is 0 Å². The Morgan fingerprint density at radius 2 is 2.47 bits per heavy atom. The molecule has 2 unspecified atom stereocenters. The van der Waals surface area contributed by atoms with Crippen LogP contribution in [0.2, 0.25) is 4.34 Å². The highest BCUT2D eigenvalue weighted by Crippen LogP contribution is 2.30. The van der Waals surface area contributed by atoms with E-state index in [0.29, 0.717) is 9.34 Å². The summed E-state index contributed by atoms with van der Waals surface area (Å²) in [6.45, 7) is 1.93. The number of carboxylic acids is 1. The van der Waals surface area contributed by atoms with Crippen molar-refractivity contribution in [3.63, 3.8) is 0 Å². The Hall–Kier alpha value is -0.650. The fraction of sp³-hybridized carbons (Fsp3) is 0.556. The highest BCUT2D eigenvalue weighted by atomic mass is 35.5. The van der Waals surface area contributed by atoms with Crippen LogP contribution in [0.1, 0.15) is 30.7 Å². The van der Waals surface area contributed by atoms with Gasteiger partial charge in [0.1, 0.15) is 4.34 Å². The molecule has 0 saturated carbocycles. The molecule has 15 heavy (non-hydrogen) atoms. The molecule has 0 aliphatic heterocycles. The van der Waals surface area contributed by atoms with Crippen molar-refractivity contribution in [3.05, 3.63) is 15.5 Å². The molecule has 4 nitrogen and oxygen atoms in total. The van der Waals surface area contributed by atoms with E-state index in [-0.39, 0.29) is 18.4 Å². The topological polar surface area (TPSA) is 76.2 Å². The number of carbonyl (C=O) groups is 1. The summed E-state index contributed by atoms with van der Waals surface area (Å²) in [6.07, 6.45) is 2.24. The van der Waals surface area contributed by atoms with Crippen LogP contribution in [0.15, 0.2) is 6.20 Å². The molecule has 6 heteroatoms. The molecule has 0 aliphatic carbocycles. The van der Waals surface area contributed by atoms with Gasteiger partial charge < -0.3 is 10.8 Å². The predicted molar refractivity (Wildman–Crippen MR) is 60.4 cm³/mol. The summed E-state index contributed by atoms with van der Waals surface area (Å²) in [5, 5.41) is 9.49. The molecule has 1 heterocycles. The molecule has 0 spiro atoms. The Bertz CT molecular complexity index is 343. The van der Waals surface area contributed by atoms with Crippen LogP contribution in [-0.2, 0) is 4.79 Å². The smallest absolute Gasteiger partial charge is 0.304 e. The number of nitrogens with zero attached hydrogens (tertiary/aromatic N) is 1. The van der Waals surface area contributed by atoms with Crippen LogP contribution < -0.4 is 5.73 Å². The maximum absolute atomic E-state index is 10.7. The Labute approximate surface area is 97.1 Å². The lowest BCUT2D eigenvalue weighted by atomic mass is 9.95. The number of nitrogens with two attached hydrogens (primary N) is 1. The summed E-state index contributed by atoms with van der Waals surface area (Å²) in [6, 6.07) is -0.191. The Kier molecular flexibility index (Phi) is 4.50. The maximum Gasteiger partial charge on any atom is 0.304 e. The minimum absolute atomic E-state index is 0.00114. The predicted octanol–water partition coefficient (Wildman–Crippen LogP) is 2.09. The van der Waals surface area contributed by atoms with E-state index in [0.717, 1.165) is 6.42 Å². The molecular formula is C9H13ClN2O2S. The fourth-order valence-electron chi connectivity index (χ4n) is 1.33. The normalized spacial score (nSPS) is 14.9. The zero-order valence-electron chi connectivity index (χ0n) is 8.31. The summed E-state index contributed by atoms with van der Waals surface area (Å²) in [4.78, 5) is 14.8. The van der Waals surface area contributed by atoms with Crippen molar-refractivity contribution in [2.75, 3.05) is 0 Å². The van der Waals surface area contributed by atoms with E-state index in [1.54, 1.807) is 0 Å². The van der Waals surface area contributed by atoms with Crippen molar-refractivity contribution in [3.8, 4) is 0 Å². The molecule has 2 atom stereocenters. The molecule has 3 N–H and O–H groups in total. The van der Waals surface area contributed by atoms with Crippen LogP contribution in [0.3, 0.4) is 0 Å². The number of hydrogen-bond donors (Lipinski definition) is 2. The van der Waals surface area contributed by atoms with Crippen LogP contribution in [0.25, 0.3) is 0 Å². The first-order chi connectivity index (χ1) is 7.04. The molecule has 0 aliphatic rings. The van der Waals surface area contributed by atoms with Gasteiger partial charge in [-0.05, 0) is 6.42 Å². The van der Waals surface area contributed by atoms with Crippen molar-refractivity contribution in [1.29, 1.82) is 0 Å². The van der Waals surface area contributed by atoms with Gasteiger partial charge in [0.2, 0.25) is 0 Å². The van der Waals surface area contributed by atoms with Gasteiger partial charge in [0.25, 0.3) is 0 Å². The number of aromatic nitrogens is 1. The first-order valence-electron chi connectivity index (χ1n) is 4.63. The average molecular weight is 249 g/mol. The molecule has 0 saturated heterocycles. The van der Waals surface area contributed by atoms with E-state index in [4.69, 9.17) is 22.4 Å². The van der Waals surface area contributed by atoms with Crippen LogP contribution in [0, 0.1) is 0 Å². The van der Waals surface area contributed by atoms with Crippen molar-refractivity contribution in [1.82, 2.24) is 4.98 Å². The summed E-state index contributed by atoms with van der Waals surface area (Å²) in [5.74, 6) is -1.11. The third kappa shape index (κ3) is 3.44. The quantitative estimate of drug-likeness (QED) is 0.837. The number of hydrogen-bond acceptors (Lipinski definition) is 4. The van der Waals surface area contributed by atoms with Gasteiger partial charge in [0.15, 0.2) is 0 Å². The minimum atomic E-state index is -0.866. The molecular weight excluding hydrogens is 236 g/mol. The van der Waals surface area contributed by atoms with E-state index in [9.17, 15) is 4.79 Å². The van der Waals surface area contributed by atoms with Crippen LogP contribution in [-0.4, -0.2) is 22.1 Å². The number of halogens is 1. The van der Waals surface area contributed by atoms with Gasteiger partial charge in [-0.1, -0.05) is 18.5 Å². The fourth-order valence-corrected chi connectivity index (χ4v) is 2.44. The highest BCUT2D eigenvalue weighted by molar-refractivity contribution is 7.15.